The van der Waals surface area contributed by atoms with Gasteiger partial charge in [-0.15, -0.1) is 0 Å². The van der Waals surface area contributed by atoms with Crippen molar-refractivity contribution in [3.05, 3.63) is 53.3 Å². The molecule has 0 unspecified atom stereocenters. The summed E-state index contributed by atoms with van der Waals surface area (Å²) >= 11 is 0. The van der Waals surface area contributed by atoms with E-state index in [2.05, 4.69) is 32.0 Å². The van der Waals surface area contributed by atoms with Crippen LogP contribution in [0.1, 0.15) is 28.5 Å². The molecule has 0 aliphatic heterocycles. The highest BCUT2D eigenvalue weighted by Crippen LogP contribution is 2.21. The minimum absolute atomic E-state index is 0.698. The summed E-state index contributed by atoms with van der Waals surface area (Å²) in [6, 6.07) is 9.97. The summed E-state index contributed by atoms with van der Waals surface area (Å²) in [5.74, 6) is 0. The molecule has 1 aromatic heterocycles. The van der Waals surface area contributed by atoms with E-state index in [0.29, 0.717) is 5.69 Å². The van der Waals surface area contributed by atoms with Gasteiger partial charge in [0.05, 0.1) is 11.4 Å². The Hall–Kier alpha value is -1.83. The molecule has 0 saturated carbocycles. The zero-order chi connectivity index (χ0) is 11.5. The lowest BCUT2D eigenvalue weighted by atomic mass is 10.1. The maximum Gasteiger partial charge on any atom is 0.166 e. The van der Waals surface area contributed by atoms with E-state index in [1.54, 1.807) is 0 Å². The Balaban J connectivity index is 2.67. The second-order valence-corrected chi connectivity index (χ2v) is 3.86. The van der Waals surface area contributed by atoms with Gasteiger partial charge in [-0.1, -0.05) is 25.1 Å². The van der Waals surface area contributed by atoms with Crippen LogP contribution in [0, 0.1) is 6.92 Å². The highest BCUT2D eigenvalue weighted by molar-refractivity contribution is 5.74. The number of carbonyl (C=O) groups excluding carboxylic acids is 1. The molecule has 2 nitrogen and oxygen atoms in total. The van der Waals surface area contributed by atoms with Crippen molar-refractivity contribution in [1.82, 2.24) is 4.57 Å². The number of rotatable bonds is 3. The third kappa shape index (κ3) is 1.67. The van der Waals surface area contributed by atoms with E-state index in [1.165, 1.54) is 11.1 Å². The topological polar surface area (TPSA) is 22.0 Å². The Bertz CT molecular complexity index is 511. The van der Waals surface area contributed by atoms with Crippen LogP contribution in [-0.2, 0) is 6.42 Å². The molecule has 0 aliphatic rings. The Labute approximate surface area is 95.5 Å². The summed E-state index contributed by atoms with van der Waals surface area (Å²) < 4.78 is 1.96. The predicted octanol–water partition coefficient (Wildman–Crippen LogP) is 3.16. The van der Waals surface area contributed by atoms with Crippen molar-refractivity contribution in [2.45, 2.75) is 20.3 Å². The first-order valence-electron chi connectivity index (χ1n) is 5.49. The lowest BCUT2D eigenvalue weighted by Crippen LogP contribution is -2.03. The zero-order valence-electron chi connectivity index (χ0n) is 9.60. The summed E-state index contributed by atoms with van der Waals surface area (Å²) in [5, 5.41) is 0. The van der Waals surface area contributed by atoms with Crippen LogP contribution >= 0.6 is 0 Å². The summed E-state index contributed by atoms with van der Waals surface area (Å²) in [6.07, 6.45) is 3.80. The smallest absolute Gasteiger partial charge is 0.166 e. The van der Waals surface area contributed by atoms with Gasteiger partial charge < -0.3 is 4.57 Å². The number of aryl methyl sites for hydroxylation is 2. The number of aldehydes is 1. The third-order valence-electron chi connectivity index (χ3n) is 2.84. The van der Waals surface area contributed by atoms with E-state index in [-0.39, 0.29) is 0 Å². The fourth-order valence-electron chi connectivity index (χ4n) is 2.04. The van der Waals surface area contributed by atoms with Gasteiger partial charge in [-0.05, 0) is 36.6 Å². The zero-order valence-corrected chi connectivity index (χ0v) is 9.60. The van der Waals surface area contributed by atoms with Crippen LogP contribution in [-0.4, -0.2) is 10.9 Å². The van der Waals surface area contributed by atoms with Crippen molar-refractivity contribution in [2.24, 2.45) is 0 Å². The fourth-order valence-corrected chi connectivity index (χ4v) is 2.04. The van der Waals surface area contributed by atoms with Crippen LogP contribution in [0.5, 0.6) is 0 Å². The maximum atomic E-state index is 11.0. The van der Waals surface area contributed by atoms with Gasteiger partial charge in [0, 0.05) is 6.20 Å². The molecule has 0 N–H and O–H groups in total. The average Bonchev–Trinajstić information content (AvgIpc) is 2.76. The van der Waals surface area contributed by atoms with E-state index in [4.69, 9.17) is 0 Å². The quantitative estimate of drug-likeness (QED) is 0.718. The molecule has 82 valence electrons. The first kappa shape index (κ1) is 10.7. The lowest BCUT2D eigenvalue weighted by Gasteiger charge is -2.13. The van der Waals surface area contributed by atoms with Crippen LogP contribution in [0.25, 0.3) is 5.69 Å². The number of para-hydroxylation sites is 1. The van der Waals surface area contributed by atoms with Crippen LogP contribution in [0.3, 0.4) is 0 Å². The van der Waals surface area contributed by atoms with E-state index >= 15 is 0 Å². The van der Waals surface area contributed by atoms with E-state index in [1.807, 2.05) is 22.9 Å². The summed E-state index contributed by atoms with van der Waals surface area (Å²) in [6.45, 7) is 4.20. The second kappa shape index (κ2) is 4.35. The Kier molecular flexibility index (Phi) is 2.91. The Morgan fingerprint density at radius 3 is 2.75 bits per heavy atom. The van der Waals surface area contributed by atoms with Gasteiger partial charge in [0.1, 0.15) is 0 Å². The van der Waals surface area contributed by atoms with Crippen LogP contribution in [0.2, 0.25) is 0 Å². The number of nitrogens with zero attached hydrogens (tertiary/aromatic N) is 1. The van der Waals surface area contributed by atoms with Crippen LogP contribution in [0.4, 0.5) is 0 Å². The van der Waals surface area contributed by atoms with Crippen LogP contribution < -0.4 is 0 Å². The molecule has 0 spiro atoms. The van der Waals surface area contributed by atoms with Gasteiger partial charge in [-0.3, -0.25) is 4.79 Å². The first-order valence-corrected chi connectivity index (χ1v) is 5.49. The number of hydrogen-bond acceptors (Lipinski definition) is 1. The van der Waals surface area contributed by atoms with Gasteiger partial charge in [-0.2, -0.15) is 0 Å². The number of aromatic nitrogens is 1. The van der Waals surface area contributed by atoms with E-state index in [0.717, 1.165) is 18.4 Å². The Morgan fingerprint density at radius 2 is 2.06 bits per heavy atom. The van der Waals surface area contributed by atoms with Crippen molar-refractivity contribution < 1.29 is 4.79 Å². The number of carbonyl (C=O) groups is 1. The average molecular weight is 213 g/mol. The molecule has 2 heteroatoms. The molecule has 0 fully saturated rings. The molecule has 2 aromatic rings. The highest BCUT2D eigenvalue weighted by Gasteiger charge is 2.08. The minimum atomic E-state index is 0.698. The molecule has 1 aromatic carbocycles. The monoisotopic (exact) mass is 213 g/mol. The molecule has 1 heterocycles. The first-order chi connectivity index (χ1) is 7.77. The van der Waals surface area contributed by atoms with Crippen molar-refractivity contribution >= 4 is 6.29 Å². The maximum absolute atomic E-state index is 11.0. The number of hydrogen-bond donors (Lipinski definition) is 0. The summed E-state index contributed by atoms with van der Waals surface area (Å²) in [4.78, 5) is 11.0. The van der Waals surface area contributed by atoms with Gasteiger partial charge in [0.2, 0.25) is 0 Å². The van der Waals surface area contributed by atoms with Crippen molar-refractivity contribution in [3.63, 3.8) is 0 Å². The minimum Gasteiger partial charge on any atom is -0.314 e. The van der Waals surface area contributed by atoms with Crippen molar-refractivity contribution in [2.75, 3.05) is 0 Å². The van der Waals surface area contributed by atoms with Crippen molar-refractivity contribution in [3.8, 4) is 5.69 Å². The highest BCUT2D eigenvalue weighted by atomic mass is 16.1. The fraction of sp³-hybridized carbons (Fsp3) is 0.214. The van der Waals surface area contributed by atoms with Crippen LogP contribution in [0.15, 0.2) is 36.5 Å². The van der Waals surface area contributed by atoms with Gasteiger partial charge >= 0.3 is 0 Å². The predicted molar refractivity (Wildman–Crippen MR) is 65.3 cm³/mol. The Morgan fingerprint density at radius 1 is 1.25 bits per heavy atom. The molecule has 2 rings (SSSR count). The third-order valence-corrected chi connectivity index (χ3v) is 2.84. The largest absolute Gasteiger partial charge is 0.314 e. The van der Waals surface area contributed by atoms with E-state index < -0.39 is 0 Å². The molecule has 0 amide bonds. The second-order valence-electron chi connectivity index (χ2n) is 3.86. The molecule has 0 aliphatic carbocycles. The molecular formula is C14H15NO. The summed E-state index contributed by atoms with van der Waals surface area (Å²) in [7, 11) is 0. The SMILES string of the molecule is CCc1cccc(C)c1-n1cccc1C=O. The van der Waals surface area contributed by atoms with Gasteiger partial charge in [0.15, 0.2) is 6.29 Å². The van der Waals surface area contributed by atoms with Gasteiger partial charge in [0.25, 0.3) is 0 Å². The van der Waals surface area contributed by atoms with Gasteiger partial charge in [-0.25, -0.2) is 0 Å². The normalized spacial score (nSPS) is 10.4. The van der Waals surface area contributed by atoms with Crippen molar-refractivity contribution in [1.29, 1.82) is 0 Å². The number of benzene rings is 1. The molecule has 0 radical (unpaired) electrons. The lowest BCUT2D eigenvalue weighted by molar-refractivity contribution is 0.111. The molecule has 0 saturated heterocycles. The van der Waals surface area contributed by atoms with E-state index in [9.17, 15) is 4.79 Å². The molecular weight excluding hydrogens is 198 g/mol. The molecule has 0 atom stereocenters. The summed E-state index contributed by atoms with van der Waals surface area (Å²) in [5.41, 5.74) is 4.29. The standard InChI is InChI=1S/C14H15NO/c1-3-12-7-4-6-11(2)14(12)15-9-5-8-13(15)10-16/h4-10H,3H2,1-2H3. The molecule has 16 heavy (non-hydrogen) atoms. The molecule has 0 bridgehead atoms.